The van der Waals surface area contributed by atoms with E-state index in [9.17, 15) is 4.79 Å². The fourth-order valence-corrected chi connectivity index (χ4v) is 1.67. The minimum absolute atomic E-state index is 0.0246. The average molecular weight is 264 g/mol. The van der Waals surface area contributed by atoms with Gasteiger partial charge in [-0.2, -0.15) is 0 Å². The van der Waals surface area contributed by atoms with Crippen molar-refractivity contribution < 1.29 is 9.53 Å². The Balaban J connectivity index is 2.47. The van der Waals surface area contributed by atoms with Crippen LogP contribution in [0.3, 0.4) is 0 Å². The molecule has 4 nitrogen and oxygen atoms in total. The predicted molar refractivity (Wildman–Crippen MR) is 77.3 cm³/mol. The van der Waals surface area contributed by atoms with Crippen LogP contribution in [0.25, 0.3) is 0 Å². The number of nitrogens with two attached hydrogens (primary N) is 1. The molecule has 0 radical (unpaired) electrons. The number of rotatable bonds is 7. The Bertz CT molecular complexity index is 405. The quantitative estimate of drug-likeness (QED) is 0.819. The minimum Gasteiger partial charge on any atom is -0.484 e. The number of carbonyl (C=O) groups is 1. The van der Waals surface area contributed by atoms with Gasteiger partial charge in [-0.05, 0) is 36.6 Å². The Labute approximate surface area is 115 Å². The van der Waals surface area contributed by atoms with E-state index in [2.05, 4.69) is 19.9 Å². The zero-order valence-corrected chi connectivity index (χ0v) is 12.1. The first kappa shape index (κ1) is 15.5. The van der Waals surface area contributed by atoms with Gasteiger partial charge in [0.25, 0.3) is 5.91 Å². The maximum absolute atomic E-state index is 11.8. The van der Waals surface area contributed by atoms with Gasteiger partial charge in [-0.1, -0.05) is 26.0 Å². The van der Waals surface area contributed by atoms with E-state index in [0.717, 1.165) is 12.2 Å². The second-order valence-corrected chi connectivity index (χ2v) is 4.97. The van der Waals surface area contributed by atoms with Crippen LogP contribution in [0.5, 0.6) is 5.75 Å². The zero-order chi connectivity index (χ0) is 14.3. The fourth-order valence-electron chi connectivity index (χ4n) is 1.67. The lowest BCUT2D eigenvalue weighted by Gasteiger charge is -2.17. The molecule has 0 saturated heterocycles. The normalized spacial score (nSPS) is 10.6. The van der Waals surface area contributed by atoms with Crippen LogP contribution < -0.4 is 10.5 Å². The first-order valence-electron chi connectivity index (χ1n) is 6.71. The van der Waals surface area contributed by atoms with Crippen LogP contribution in [0.4, 0.5) is 0 Å². The third kappa shape index (κ3) is 5.30. The fraction of sp³-hybridized carbons (Fsp3) is 0.533. The van der Waals surface area contributed by atoms with Crippen LogP contribution in [0, 0.1) is 0 Å². The first-order chi connectivity index (χ1) is 9.04. The van der Waals surface area contributed by atoms with Crippen molar-refractivity contribution in [3.05, 3.63) is 29.8 Å². The van der Waals surface area contributed by atoms with Gasteiger partial charge in [-0.3, -0.25) is 4.79 Å². The first-order valence-corrected chi connectivity index (χ1v) is 6.71. The highest BCUT2D eigenvalue weighted by Gasteiger charge is 2.09. The lowest BCUT2D eigenvalue weighted by Crippen LogP contribution is -2.33. The van der Waals surface area contributed by atoms with Gasteiger partial charge in [0.05, 0.1) is 0 Å². The molecule has 0 bridgehead atoms. The molecule has 4 heteroatoms. The van der Waals surface area contributed by atoms with Crippen molar-refractivity contribution in [2.24, 2.45) is 5.73 Å². The van der Waals surface area contributed by atoms with Crippen LogP contribution in [-0.4, -0.2) is 37.6 Å². The SMILES string of the molecule is CC(C)c1cccc(OCC(=O)N(C)CCCN)c1. The summed E-state index contributed by atoms with van der Waals surface area (Å²) in [4.78, 5) is 13.5. The van der Waals surface area contributed by atoms with E-state index in [1.165, 1.54) is 5.56 Å². The molecule has 0 fully saturated rings. The van der Waals surface area contributed by atoms with Crippen LogP contribution in [0.1, 0.15) is 31.7 Å². The summed E-state index contributed by atoms with van der Waals surface area (Å²) in [5.41, 5.74) is 6.63. The molecule has 0 spiro atoms. The highest BCUT2D eigenvalue weighted by molar-refractivity contribution is 5.77. The number of hydrogen-bond donors (Lipinski definition) is 1. The number of likely N-dealkylation sites (N-methyl/N-ethyl adjacent to an activating group) is 1. The van der Waals surface area contributed by atoms with Crippen LogP contribution in [-0.2, 0) is 4.79 Å². The molecular formula is C15H24N2O2. The largest absolute Gasteiger partial charge is 0.484 e. The minimum atomic E-state index is -0.0246. The van der Waals surface area contributed by atoms with Gasteiger partial charge >= 0.3 is 0 Å². The highest BCUT2D eigenvalue weighted by atomic mass is 16.5. The summed E-state index contributed by atoms with van der Waals surface area (Å²) in [6.45, 7) is 5.60. The van der Waals surface area contributed by atoms with Crippen LogP contribution in [0.2, 0.25) is 0 Å². The smallest absolute Gasteiger partial charge is 0.260 e. The average Bonchev–Trinajstić information content (AvgIpc) is 2.42. The molecule has 1 aromatic carbocycles. The summed E-state index contributed by atoms with van der Waals surface area (Å²) in [6.07, 6.45) is 0.811. The van der Waals surface area contributed by atoms with E-state index < -0.39 is 0 Å². The maximum atomic E-state index is 11.8. The van der Waals surface area contributed by atoms with E-state index >= 15 is 0 Å². The predicted octanol–water partition coefficient (Wildman–Crippen LogP) is 2.00. The van der Waals surface area contributed by atoms with E-state index in [1.807, 2.05) is 18.2 Å². The molecule has 1 amide bonds. The third-order valence-corrected chi connectivity index (χ3v) is 3.01. The lowest BCUT2D eigenvalue weighted by molar-refractivity contribution is -0.132. The molecule has 0 aliphatic heterocycles. The van der Waals surface area contributed by atoms with Crippen molar-refractivity contribution in [3.63, 3.8) is 0 Å². The summed E-state index contributed by atoms with van der Waals surface area (Å²) in [7, 11) is 1.77. The third-order valence-electron chi connectivity index (χ3n) is 3.01. The van der Waals surface area contributed by atoms with Crippen molar-refractivity contribution in [3.8, 4) is 5.75 Å². The van der Waals surface area contributed by atoms with Crippen molar-refractivity contribution in [2.45, 2.75) is 26.2 Å². The van der Waals surface area contributed by atoms with E-state index in [1.54, 1.807) is 11.9 Å². The van der Waals surface area contributed by atoms with Gasteiger partial charge < -0.3 is 15.4 Å². The van der Waals surface area contributed by atoms with Gasteiger partial charge in [0.15, 0.2) is 6.61 Å². The second kappa shape index (κ2) is 7.79. The number of amides is 1. The molecule has 0 saturated carbocycles. The van der Waals surface area contributed by atoms with Crippen molar-refractivity contribution >= 4 is 5.91 Å². The maximum Gasteiger partial charge on any atom is 0.260 e. The van der Waals surface area contributed by atoms with Crippen LogP contribution in [0.15, 0.2) is 24.3 Å². The Morgan fingerprint density at radius 2 is 2.16 bits per heavy atom. The molecule has 0 unspecified atom stereocenters. The van der Waals surface area contributed by atoms with E-state index in [0.29, 0.717) is 19.0 Å². The number of nitrogens with zero attached hydrogens (tertiary/aromatic N) is 1. The molecule has 19 heavy (non-hydrogen) atoms. The van der Waals surface area contributed by atoms with Gasteiger partial charge in [0.1, 0.15) is 5.75 Å². The summed E-state index contributed by atoms with van der Waals surface area (Å²) in [6, 6.07) is 7.87. The zero-order valence-electron chi connectivity index (χ0n) is 12.1. The van der Waals surface area contributed by atoms with Crippen molar-refractivity contribution in [2.75, 3.05) is 26.7 Å². The number of benzene rings is 1. The van der Waals surface area contributed by atoms with Gasteiger partial charge in [0, 0.05) is 13.6 Å². The Morgan fingerprint density at radius 3 is 2.79 bits per heavy atom. The molecule has 0 aliphatic carbocycles. The summed E-state index contributed by atoms with van der Waals surface area (Å²) >= 11 is 0. The molecule has 0 heterocycles. The van der Waals surface area contributed by atoms with Crippen molar-refractivity contribution in [1.82, 2.24) is 4.90 Å². The molecule has 1 rings (SSSR count). The summed E-state index contributed by atoms with van der Waals surface area (Å²) in [5.74, 6) is 1.17. The van der Waals surface area contributed by atoms with Gasteiger partial charge in [0.2, 0.25) is 0 Å². The summed E-state index contributed by atoms with van der Waals surface area (Å²) in [5, 5.41) is 0. The van der Waals surface area contributed by atoms with Gasteiger partial charge in [-0.25, -0.2) is 0 Å². The number of carbonyl (C=O) groups excluding carboxylic acids is 1. The number of hydrogen-bond acceptors (Lipinski definition) is 3. The van der Waals surface area contributed by atoms with Crippen LogP contribution >= 0.6 is 0 Å². The molecule has 0 atom stereocenters. The molecule has 0 aliphatic rings. The summed E-state index contributed by atoms with van der Waals surface area (Å²) < 4.78 is 5.54. The monoisotopic (exact) mass is 264 g/mol. The Kier molecular flexibility index (Phi) is 6.36. The molecule has 0 aromatic heterocycles. The standard InChI is InChI=1S/C15H24N2O2/c1-12(2)13-6-4-7-14(10-13)19-11-15(18)17(3)9-5-8-16/h4,6-7,10,12H,5,8-9,11,16H2,1-3H3. The molecular weight excluding hydrogens is 240 g/mol. The highest BCUT2D eigenvalue weighted by Crippen LogP contribution is 2.20. The molecule has 2 N–H and O–H groups in total. The van der Waals surface area contributed by atoms with E-state index in [-0.39, 0.29) is 12.5 Å². The molecule has 1 aromatic rings. The second-order valence-electron chi connectivity index (χ2n) is 4.97. The topological polar surface area (TPSA) is 55.6 Å². The van der Waals surface area contributed by atoms with E-state index in [4.69, 9.17) is 10.5 Å². The Morgan fingerprint density at radius 1 is 1.42 bits per heavy atom. The van der Waals surface area contributed by atoms with Gasteiger partial charge in [-0.15, -0.1) is 0 Å². The molecule has 106 valence electrons. The lowest BCUT2D eigenvalue weighted by atomic mass is 10.0. The van der Waals surface area contributed by atoms with Crippen molar-refractivity contribution in [1.29, 1.82) is 0 Å². The number of ether oxygens (including phenoxy) is 1. The Hall–Kier alpha value is -1.55.